The van der Waals surface area contributed by atoms with E-state index >= 15 is 0 Å². The van der Waals surface area contributed by atoms with Crippen LogP contribution < -0.4 is 5.73 Å². The van der Waals surface area contributed by atoms with Crippen LogP contribution in [-0.2, 0) is 0 Å². The second kappa shape index (κ2) is 35.7. The van der Waals surface area contributed by atoms with Gasteiger partial charge in [0.2, 0.25) is 16.7 Å². The van der Waals surface area contributed by atoms with Crippen molar-refractivity contribution in [2.75, 3.05) is 25.2 Å². The molecule has 6 aromatic rings. The molecule has 0 saturated heterocycles. The molecular weight excluding hydrogens is 843 g/mol. The van der Waals surface area contributed by atoms with Crippen LogP contribution >= 0.6 is 38.6 Å². The van der Waals surface area contributed by atoms with Gasteiger partial charge in [0, 0.05) is 36.3 Å². The number of thiazole rings is 2. The number of carbonyl (C=O) groups is 4. The highest BCUT2D eigenvalue weighted by Gasteiger charge is 2.12. The number of hydrogen-bond donors (Lipinski definition) is 1. The van der Waals surface area contributed by atoms with Crippen LogP contribution in [0.15, 0.2) is 139 Å². The molecule has 0 saturated carbocycles. The summed E-state index contributed by atoms with van der Waals surface area (Å²) in [6.45, 7) is 17.6. The Labute approximate surface area is 368 Å². The summed E-state index contributed by atoms with van der Waals surface area (Å²) in [5, 5.41) is 1.41. The van der Waals surface area contributed by atoms with Crippen LogP contribution in [0.2, 0.25) is 0 Å². The first-order valence-corrected chi connectivity index (χ1v) is 22.1. The number of anilines is 1. The molecule has 0 unspecified atom stereocenters. The highest BCUT2D eigenvalue weighted by molar-refractivity contribution is 9.09. The predicted octanol–water partition coefficient (Wildman–Crippen LogP) is 12.8. The summed E-state index contributed by atoms with van der Waals surface area (Å²) in [7, 11) is 3.76. The van der Waals surface area contributed by atoms with Gasteiger partial charge in [0.05, 0.1) is 33.8 Å². The number of Topliss-reactive ketones (excluding diaryl/α,β-unsaturated/α-hetero) is 2. The van der Waals surface area contributed by atoms with E-state index in [4.69, 9.17) is 5.73 Å². The Bertz CT molecular complexity index is 2000. The topological polar surface area (TPSA) is 136 Å². The zero-order valence-corrected chi connectivity index (χ0v) is 39.4. The van der Waals surface area contributed by atoms with Crippen molar-refractivity contribution < 1.29 is 19.2 Å². The predicted molar refractivity (Wildman–Crippen MR) is 257 cm³/mol. The van der Waals surface area contributed by atoms with Crippen molar-refractivity contribution in [2.45, 2.75) is 62.3 Å². The van der Waals surface area contributed by atoms with Crippen molar-refractivity contribution in [1.82, 2.24) is 14.9 Å². The van der Waals surface area contributed by atoms with Gasteiger partial charge in [-0.3, -0.25) is 19.2 Å². The molecule has 59 heavy (non-hydrogen) atoms. The van der Waals surface area contributed by atoms with Crippen LogP contribution in [0.3, 0.4) is 0 Å². The van der Waals surface area contributed by atoms with Crippen molar-refractivity contribution in [1.29, 1.82) is 0 Å². The Kier molecular flexibility index (Phi) is 33.7. The minimum absolute atomic E-state index is 0.0144. The van der Waals surface area contributed by atoms with Gasteiger partial charge in [-0.05, 0) is 6.92 Å². The molecule has 2 aromatic heterocycles. The molecule has 0 aliphatic carbocycles. The molecule has 0 atom stereocenters. The van der Waals surface area contributed by atoms with Crippen molar-refractivity contribution >= 4 is 78.3 Å². The first-order chi connectivity index (χ1) is 28.6. The molecule has 0 radical (unpaired) electrons. The molecule has 0 aliphatic heterocycles. The molecule has 6 rings (SSSR count). The lowest BCUT2D eigenvalue weighted by Gasteiger charge is -1.99. The number of alkyl halides is 1. The number of benzene rings is 4. The molecular formula is C47H60BrN5O4S2. The fraction of sp³-hybridized carbons (Fsp3) is 0.255. The van der Waals surface area contributed by atoms with E-state index in [-0.39, 0.29) is 23.1 Å². The number of ketones is 4. The fourth-order valence-electron chi connectivity index (χ4n) is 3.82. The molecule has 0 spiro atoms. The molecule has 9 nitrogen and oxygen atoms in total. The minimum Gasteiger partial charge on any atom is -0.375 e. The zero-order chi connectivity index (χ0) is 45.0. The quantitative estimate of drug-likeness (QED) is 0.0656. The zero-order valence-electron chi connectivity index (χ0n) is 36.2. The number of hydrogen-bond acceptors (Lipinski definition) is 10. The summed E-state index contributed by atoms with van der Waals surface area (Å²) in [6, 6.07) is 36.7. The maximum absolute atomic E-state index is 12.1. The summed E-state index contributed by atoms with van der Waals surface area (Å²) in [5.41, 5.74) is 8.32. The van der Waals surface area contributed by atoms with E-state index in [0.29, 0.717) is 36.5 Å². The normalized spacial score (nSPS) is 9.02. The molecule has 0 bridgehead atoms. The maximum Gasteiger partial charge on any atom is 0.211 e. The van der Waals surface area contributed by atoms with Gasteiger partial charge < -0.3 is 10.6 Å². The molecule has 0 fully saturated rings. The number of nitrogens with zero attached hydrogens (tertiary/aromatic N) is 4. The van der Waals surface area contributed by atoms with Gasteiger partial charge in [-0.25, -0.2) is 15.0 Å². The Hall–Kier alpha value is -5.43. The first kappa shape index (κ1) is 55.7. The van der Waals surface area contributed by atoms with Crippen molar-refractivity contribution in [2.24, 2.45) is 4.99 Å². The van der Waals surface area contributed by atoms with Crippen LogP contribution in [0, 0.1) is 0 Å². The summed E-state index contributed by atoms with van der Waals surface area (Å²) >= 11 is 5.60. The third-order valence-electron chi connectivity index (χ3n) is 6.33. The smallest absolute Gasteiger partial charge is 0.211 e. The third kappa shape index (κ3) is 23.5. The lowest BCUT2D eigenvalue weighted by molar-refractivity contribution is 0.101. The first-order valence-electron chi connectivity index (χ1n) is 19.4. The monoisotopic (exact) mass is 901 g/mol. The van der Waals surface area contributed by atoms with E-state index < -0.39 is 0 Å². The maximum atomic E-state index is 12.1. The number of carbonyl (C=O) groups excluding carboxylic acids is 4. The standard InChI is InChI=1S/C13H13N3OS.C10H8N2OS.C8H7BrO.C8H8O.4C2H6/c1-16(2)9-15-13-14-8-11(18-13)12(17)10-6-4-3-5-7-10;11-10-12-6-8(14-10)9(13)7-4-2-1-3-5-7;9-6-8(10)7-4-2-1-3-5-7;1-7(9)8-5-3-2-4-6-8;4*1-2/h3-9H,1-2H3;1-6H,(H2,11,12);1-5H,6H2;2-6H,1H3;4*1-2H3. The van der Waals surface area contributed by atoms with Crippen LogP contribution in [0.1, 0.15) is 113 Å². The summed E-state index contributed by atoms with van der Waals surface area (Å²) in [4.78, 5) is 60.6. The van der Waals surface area contributed by atoms with Gasteiger partial charge >= 0.3 is 0 Å². The molecule has 0 amide bonds. The van der Waals surface area contributed by atoms with Crippen LogP contribution in [0.5, 0.6) is 0 Å². The van der Waals surface area contributed by atoms with Gasteiger partial charge in [-0.2, -0.15) is 0 Å². The Morgan fingerprint density at radius 3 is 1.27 bits per heavy atom. The molecule has 0 aliphatic rings. The highest BCUT2D eigenvalue weighted by Crippen LogP contribution is 2.23. The molecule has 2 heterocycles. The lowest BCUT2D eigenvalue weighted by Crippen LogP contribution is -2.06. The van der Waals surface area contributed by atoms with E-state index in [0.717, 1.165) is 11.1 Å². The van der Waals surface area contributed by atoms with Crippen LogP contribution in [0.4, 0.5) is 10.3 Å². The SMILES string of the molecule is CC.CC.CC.CC.CC(=O)c1ccccc1.CN(C)C=Nc1ncc(C(=O)c2ccccc2)s1.Nc1ncc(C(=O)c2ccccc2)s1.O=C(CBr)c1ccccc1. The number of halogens is 1. The number of nitrogen functional groups attached to an aromatic ring is 1. The average molecular weight is 903 g/mol. The van der Waals surface area contributed by atoms with Crippen LogP contribution in [0.25, 0.3) is 0 Å². The number of nitrogens with two attached hydrogens (primary N) is 1. The Balaban J connectivity index is 0. The molecule has 4 aromatic carbocycles. The fourth-order valence-corrected chi connectivity index (χ4v) is 5.51. The summed E-state index contributed by atoms with van der Waals surface area (Å²) < 4.78 is 0. The highest BCUT2D eigenvalue weighted by atomic mass is 79.9. The van der Waals surface area contributed by atoms with Gasteiger partial charge in [-0.15, -0.1) is 0 Å². The lowest BCUT2D eigenvalue weighted by atomic mass is 10.1. The van der Waals surface area contributed by atoms with E-state index in [9.17, 15) is 19.2 Å². The largest absolute Gasteiger partial charge is 0.375 e. The molecule has 2 N–H and O–H groups in total. The van der Waals surface area contributed by atoms with Crippen molar-refractivity contribution in [3.05, 3.63) is 166 Å². The van der Waals surface area contributed by atoms with Gasteiger partial charge in [0.15, 0.2) is 16.7 Å². The third-order valence-corrected chi connectivity index (χ3v) is 8.57. The van der Waals surface area contributed by atoms with E-state index in [1.807, 2.05) is 171 Å². The van der Waals surface area contributed by atoms with E-state index in [1.165, 1.54) is 28.9 Å². The van der Waals surface area contributed by atoms with E-state index in [1.54, 1.807) is 43.7 Å². The Morgan fingerprint density at radius 2 is 0.949 bits per heavy atom. The number of aromatic nitrogens is 2. The van der Waals surface area contributed by atoms with Crippen molar-refractivity contribution in [3.8, 4) is 0 Å². The second-order valence-electron chi connectivity index (χ2n) is 10.5. The molecule has 12 heteroatoms. The van der Waals surface area contributed by atoms with Crippen LogP contribution in [-0.4, -0.2) is 63.8 Å². The van der Waals surface area contributed by atoms with Gasteiger partial charge in [0.25, 0.3) is 0 Å². The van der Waals surface area contributed by atoms with Crippen molar-refractivity contribution in [3.63, 3.8) is 0 Å². The Morgan fingerprint density at radius 1 is 0.593 bits per heavy atom. The second-order valence-corrected chi connectivity index (χ2v) is 13.1. The van der Waals surface area contributed by atoms with Gasteiger partial charge in [0.1, 0.15) is 0 Å². The average Bonchev–Trinajstić information content (AvgIpc) is 3.99. The molecule has 316 valence electrons. The summed E-state index contributed by atoms with van der Waals surface area (Å²) in [5.74, 6) is 0.204. The minimum atomic E-state index is -0.0280. The van der Waals surface area contributed by atoms with Gasteiger partial charge in [-0.1, -0.05) is 215 Å². The summed E-state index contributed by atoms with van der Waals surface area (Å²) in [6.07, 6.45) is 4.74. The van der Waals surface area contributed by atoms with E-state index in [2.05, 4.69) is 30.9 Å². The number of aliphatic imine (C=N–C) groups is 1. The number of rotatable bonds is 9.